The Morgan fingerprint density at radius 2 is 1.95 bits per heavy atom. The van der Waals surface area contributed by atoms with E-state index in [1.807, 2.05) is 6.20 Å². The number of nitrogens with one attached hydrogen (secondary N) is 1. The summed E-state index contributed by atoms with van der Waals surface area (Å²) in [5.74, 6) is -2.06. The Morgan fingerprint density at radius 3 is 2.32 bits per heavy atom. The summed E-state index contributed by atoms with van der Waals surface area (Å²) in [5.41, 5.74) is 3.95. The van der Waals surface area contributed by atoms with Crippen molar-refractivity contribution in [2.24, 2.45) is 0 Å². The fourth-order valence-electron chi connectivity index (χ4n) is 1.92. The molecule has 0 amide bonds. The zero-order valence-electron chi connectivity index (χ0n) is 12.3. The van der Waals surface area contributed by atoms with E-state index in [0.717, 1.165) is 12.1 Å². The molecule has 1 atom stereocenters. The van der Waals surface area contributed by atoms with Crippen LogP contribution in [0, 0.1) is 6.92 Å². The molecular formula is C15H18N2O4S. The number of H-pyrrole nitrogens is 1. The Kier molecular flexibility index (Phi) is 7.04. The van der Waals surface area contributed by atoms with Crippen LogP contribution in [-0.2, 0) is 9.59 Å². The second-order valence-electron chi connectivity index (χ2n) is 4.47. The zero-order chi connectivity index (χ0) is 16.5. The van der Waals surface area contributed by atoms with E-state index in [2.05, 4.69) is 34.6 Å². The highest BCUT2D eigenvalue weighted by Crippen LogP contribution is 2.30. The van der Waals surface area contributed by atoms with Crippen LogP contribution in [0.2, 0.25) is 0 Å². The van der Waals surface area contributed by atoms with Gasteiger partial charge in [-0.25, -0.2) is 14.6 Å². The number of aryl methyl sites for hydroxylation is 1. The average molecular weight is 322 g/mol. The number of carboxylic acid groups (broad SMARTS) is 2. The third kappa shape index (κ3) is 5.53. The molecule has 0 bridgehead atoms. The molecule has 2 aromatic rings. The van der Waals surface area contributed by atoms with Crippen molar-refractivity contribution in [3.63, 3.8) is 0 Å². The van der Waals surface area contributed by atoms with Gasteiger partial charge in [0.15, 0.2) is 0 Å². The smallest absolute Gasteiger partial charge is 0.328 e. The monoisotopic (exact) mass is 322 g/mol. The minimum Gasteiger partial charge on any atom is -0.478 e. The number of thiophene rings is 1. The summed E-state index contributed by atoms with van der Waals surface area (Å²) in [7, 11) is 0. The predicted molar refractivity (Wildman–Crippen MR) is 84.2 cm³/mol. The molecule has 0 aromatic carbocycles. The zero-order valence-corrected chi connectivity index (χ0v) is 13.1. The molecule has 22 heavy (non-hydrogen) atoms. The Bertz CT molecular complexity index is 616. The molecule has 2 heterocycles. The maximum atomic E-state index is 9.55. The second-order valence-corrected chi connectivity index (χ2v) is 5.22. The summed E-state index contributed by atoms with van der Waals surface area (Å²) in [6.07, 6.45) is 5.96. The Morgan fingerprint density at radius 1 is 1.32 bits per heavy atom. The number of aliphatic carboxylic acids is 2. The average Bonchev–Trinajstić information content (AvgIpc) is 3.11. The van der Waals surface area contributed by atoms with Gasteiger partial charge in [0.25, 0.3) is 0 Å². The highest BCUT2D eigenvalue weighted by atomic mass is 32.1. The lowest BCUT2D eigenvalue weighted by molar-refractivity contribution is -0.134. The van der Waals surface area contributed by atoms with Gasteiger partial charge in [-0.3, -0.25) is 0 Å². The van der Waals surface area contributed by atoms with Gasteiger partial charge >= 0.3 is 11.9 Å². The van der Waals surface area contributed by atoms with Gasteiger partial charge in [0, 0.05) is 24.3 Å². The number of aromatic nitrogens is 2. The first-order chi connectivity index (χ1) is 10.5. The van der Waals surface area contributed by atoms with Crippen LogP contribution in [-0.4, -0.2) is 32.1 Å². The van der Waals surface area contributed by atoms with Crippen LogP contribution in [0.5, 0.6) is 0 Å². The van der Waals surface area contributed by atoms with E-state index in [0.29, 0.717) is 18.1 Å². The van der Waals surface area contributed by atoms with Crippen molar-refractivity contribution in [2.45, 2.75) is 26.2 Å². The summed E-state index contributed by atoms with van der Waals surface area (Å²) in [4.78, 5) is 26.5. The van der Waals surface area contributed by atoms with Crippen LogP contribution in [0.1, 0.15) is 36.1 Å². The maximum absolute atomic E-state index is 9.55. The standard InChI is InChI=1S/C11H14N2S.C4H4O4/c1-3-9(11-4-12-7-13-11)10-6-14-5-8(10)2;5-3(6)1-2-4(7)8/h4-7,9H,3H2,1-2H3,(H,12,13);1-2H,(H,5,6)(H,7,8)/b;2-1+. The molecule has 0 aliphatic carbocycles. The largest absolute Gasteiger partial charge is 0.478 e. The van der Waals surface area contributed by atoms with Gasteiger partial charge in [-0.1, -0.05) is 6.92 Å². The quantitative estimate of drug-likeness (QED) is 0.734. The summed E-state index contributed by atoms with van der Waals surface area (Å²) in [5, 5.41) is 20.1. The fourth-order valence-corrected chi connectivity index (χ4v) is 2.83. The Hall–Kier alpha value is -2.41. The van der Waals surface area contributed by atoms with E-state index in [1.165, 1.54) is 11.1 Å². The van der Waals surface area contributed by atoms with Crippen LogP contribution >= 0.6 is 11.3 Å². The van der Waals surface area contributed by atoms with Crippen LogP contribution in [0.25, 0.3) is 0 Å². The lowest BCUT2D eigenvalue weighted by Gasteiger charge is -2.11. The Balaban J connectivity index is 0.000000261. The van der Waals surface area contributed by atoms with Gasteiger partial charge in [0.05, 0.1) is 12.0 Å². The van der Waals surface area contributed by atoms with Gasteiger partial charge in [-0.2, -0.15) is 11.3 Å². The van der Waals surface area contributed by atoms with Gasteiger partial charge in [-0.15, -0.1) is 0 Å². The van der Waals surface area contributed by atoms with Crippen molar-refractivity contribution in [1.82, 2.24) is 9.97 Å². The molecule has 0 radical (unpaired) electrons. The van der Waals surface area contributed by atoms with Crippen molar-refractivity contribution >= 4 is 23.3 Å². The van der Waals surface area contributed by atoms with Crippen molar-refractivity contribution in [3.05, 3.63) is 52.3 Å². The SMILES string of the molecule is CCC(c1c[nH]cn1)c1cscc1C.O=C(O)/C=C/C(=O)O. The molecule has 2 aromatic heterocycles. The summed E-state index contributed by atoms with van der Waals surface area (Å²) in [6.45, 7) is 4.37. The van der Waals surface area contributed by atoms with Crippen LogP contribution in [0.15, 0.2) is 35.4 Å². The minimum absolute atomic E-state index is 0.451. The second kappa shape index (κ2) is 8.78. The van der Waals surface area contributed by atoms with Crippen LogP contribution < -0.4 is 0 Å². The first-order valence-electron chi connectivity index (χ1n) is 6.61. The number of carbonyl (C=O) groups is 2. The van der Waals surface area contributed by atoms with Gasteiger partial charge in [0.2, 0.25) is 0 Å². The molecule has 118 valence electrons. The third-order valence-electron chi connectivity index (χ3n) is 2.92. The molecule has 6 nitrogen and oxygen atoms in total. The van der Waals surface area contributed by atoms with E-state index < -0.39 is 11.9 Å². The molecule has 0 fully saturated rings. The number of hydrogen-bond donors (Lipinski definition) is 3. The third-order valence-corrected chi connectivity index (χ3v) is 3.80. The maximum Gasteiger partial charge on any atom is 0.328 e. The van der Waals surface area contributed by atoms with Crippen LogP contribution in [0.4, 0.5) is 0 Å². The molecule has 0 aliphatic rings. The van der Waals surface area contributed by atoms with Gasteiger partial charge < -0.3 is 15.2 Å². The number of carboxylic acids is 2. The molecule has 2 rings (SSSR count). The van der Waals surface area contributed by atoms with E-state index in [9.17, 15) is 9.59 Å². The number of imidazole rings is 1. The molecular weight excluding hydrogens is 304 g/mol. The molecule has 0 saturated heterocycles. The first-order valence-corrected chi connectivity index (χ1v) is 7.55. The van der Waals surface area contributed by atoms with Gasteiger partial charge in [-0.05, 0) is 35.2 Å². The topological polar surface area (TPSA) is 103 Å². The predicted octanol–water partition coefficient (Wildman–Crippen LogP) is 3.03. The van der Waals surface area contributed by atoms with Gasteiger partial charge in [0.1, 0.15) is 0 Å². The molecule has 1 unspecified atom stereocenters. The first kappa shape index (κ1) is 17.6. The molecule has 0 spiro atoms. The van der Waals surface area contributed by atoms with E-state index in [-0.39, 0.29) is 0 Å². The van der Waals surface area contributed by atoms with Crippen LogP contribution in [0.3, 0.4) is 0 Å². The van der Waals surface area contributed by atoms with E-state index >= 15 is 0 Å². The summed E-state index contributed by atoms with van der Waals surface area (Å²) in [6, 6.07) is 0. The Labute approximate surface area is 132 Å². The summed E-state index contributed by atoms with van der Waals surface area (Å²) >= 11 is 1.77. The lowest BCUT2D eigenvalue weighted by atomic mass is 9.93. The normalized spacial score (nSPS) is 11.7. The molecule has 0 aliphatic heterocycles. The fraction of sp³-hybridized carbons (Fsp3) is 0.267. The molecule has 7 heteroatoms. The highest BCUT2D eigenvalue weighted by Gasteiger charge is 2.16. The van der Waals surface area contributed by atoms with Crippen molar-refractivity contribution in [2.75, 3.05) is 0 Å². The number of rotatable bonds is 5. The van der Waals surface area contributed by atoms with E-state index in [1.54, 1.807) is 17.7 Å². The van der Waals surface area contributed by atoms with Crippen molar-refractivity contribution < 1.29 is 19.8 Å². The molecule has 3 N–H and O–H groups in total. The number of nitrogens with zero attached hydrogens (tertiary/aromatic N) is 1. The lowest BCUT2D eigenvalue weighted by Crippen LogP contribution is -1.99. The van der Waals surface area contributed by atoms with Crippen molar-refractivity contribution in [1.29, 1.82) is 0 Å². The minimum atomic E-state index is -1.26. The van der Waals surface area contributed by atoms with E-state index in [4.69, 9.17) is 10.2 Å². The summed E-state index contributed by atoms with van der Waals surface area (Å²) < 4.78 is 0. The number of hydrogen-bond acceptors (Lipinski definition) is 4. The number of aromatic amines is 1. The molecule has 0 saturated carbocycles. The van der Waals surface area contributed by atoms with Crippen molar-refractivity contribution in [3.8, 4) is 0 Å². The highest BCUT2D eigenvalue weighted by molar-refractivity contribution is 7.08.